The number of benzene rings is 2. The van der Waals surface area contributed by atoms with Crippen molar-refractivity contribution in [3.63, 3.8) is 0 Å². The third-order valence-electron chi connectivity index (χ3n) is 4.90. The molecule has 128 valence electrons. The van der Waals surface area contributed by atoms with Crippen molar-refractivity contribution >= 4 is 28.9 Å². The zero-order valence-corrected chi connectivity index (χ0v) is 14.9. The summed E-state index contributed by atoms with van der Waals surface area (Å²) in [6.07, 6.45) is 2.90. The summed E-state index contributed by atoms with van der Waals surface area (Å²) >= 11 is 0. The van der Waals surface area contributed by atoms with E-state index in [1.165, 1.54) is 5.56 Å². The Morgan fingerprint density at radius 3 is 2.64 bits per heavy atom. The number of fused-ring (bicyclic) bond motifs is 2. The minimum absolute atomic E-state index is 0.0675. The Morgan fingerprint density at radius 1 is 1.20 bits per heavy atom. The number of carbonyl (C=O) groups is 1. The topological polar surface area (TPSA) is 32.8 Å². The van der Waals surface area contributed by atoms with Gasteiger partial charge in [-0.3, -0.25) is 4.79 Å². The molecule has 0 aliphatic carbocycles. The van der Waals surface area contributed by atoms with E-state index in [0.717, 1.165) is 46.9 Å². The average Bonchev–Trinajstić information content (AvgIpc) is 3.16. The van der Waals surface area contributed by atoms with Gasteiger partial charge in [-0.2, -0.15) is 0 Å². The van der Waals surface area contributed by atoms with Crippen molar-refractivity contribution in [1.29, 1.82) is 0 Å². The third-order valence-corrected chi connectivity index (χ3v) is 4.90. The molecule has 0 aromatic heterocycles. The Kier molecular flexibility index (Phi) is 3.75. The Hall–Kier alpha value is -2.75. The van der Waals surface area contributed by atoms with E-state index in [0.29, 0.717) is 6.54 Å². The van der Waals surface area contributed by atoms with Gasteiger partial charge in [-0.25, -0.2) is 0 Å². The first kappa shape index (κ1) is 15.8. The van der Waals surface area contributed by atoms with Gasteiger partial charge in [0, 0.05) is 43.9 Å². The Morgan fingerprint density at radius 2 is 1.96 bits per heavy atom. The first-order valence-corrected chi connectivity index (χ1v) is 8.69. The van der Waals surface area contributed by atoms with Crippen molar-refractivity contribution in [2.24, 2.45) is 0 Å². The fourth-order valence-electron chi connectivity index (χ4n) is 3.51. The van der Waals surface area contributed by atoms with E-state index in [1.54, 1.807) is 0 Å². The van der Waals surface area contributed by atoms with Gasteiger partial charge in [0.25, 0.3) is 5.91 Å². The third kappa shape index (κ3) is 2.58. The van der Waals surface area contributed by atoms with E-state index in [4.69, 9.17) is 4.74 Å². The summed E-state index contributed by atoms with van der Waals surface area (Å²) in [5.41, 5.74) is 6.09. The summed E-state index contributed by atoms with van der Waals surface area (Å²) in [6, 6.07) is 12.4. The zero-order chi connectivity index (χ0) is 17.6. The summed E-state index contributed by atoms with van der Waals surface area (Å²) in [5.74, 6) is 0.983. The highest BCUT2D eigenvalue weighted by Crippen LogP contribution is 2.43. The number of likely N-dealkylation sites (N-methyl/N-ethyl adjacent to an activating group) is 1. The minimum atomic E-state index is 0.0675. The van der Waals surface area contributed by atoms with Crippen molar-refractivity contribution in [3.05, 3.63) is 53.1 Å². The number of nitrogens with zero attached hydrogens (tertiary/aromatic N) is 2. The van der Waals surface area contributed by atoms with Crippen LogP contribution in [0.3, 0.4) is 0 Å². The number of hydrogen-bond acceptors (Lipinski definition) is 3. The maximum absolute atomic E-state index is 12.9. The molecule has 2 aromatic carbocycles. The SMILES string of the molecule is CCN1C(=O)/C(=C\c2ccc(N(C)C)cc2)c2cc3c(cc21)CCO3. The van der Waals surface area contributed by atoms with Crippen LogP contribution in [0.1, 0.15) is 23.6 Å². The number of anilines is 2. The van der Waals surface area contributed by atoms with Crippen LogP contribution in [-0.4, -0.2) is 33.2 Å². The van der Waals surface area contributed by atoms with Crippen LogP contribution in [-0.2, 0) is 11.2 Å². The Bertz CT molecular complexity index is 866. The molecule has 2 aliphatic heterocycles. The second-order valence-corrected chi connectivity index (χ2v) is 6.67. The lowest BCUT2D eigenvalue weighted by atomic mass is 10.0. The molecule has 2 aromatic rings. The first-order chi connectivity index (χ1) is 12.1. The second-order valence-electron chi connectivity index (χ2n) is 6.67. The second kappa shape index (κ2) is 5.96. The molecule has 1 amide bonds. The molecular formula is C21H22N2O2. The van der Waals surface area contributed by atoms with E-state index in [-0.39, 0.29) is 5.91 Å². The Labute approximate surface area is 148 Å². The zero-order valence-electron chi connectivity index (χ0n) is 14.9. The van der Waals surface area contributed by atoms with E-state index >= 15 is 0 Å². The molecule has 0 N–H and O–H groups in total. The van der Waals surface area contributed by atoms with Crippen molar-refractivity contribution < 1.29 is 9.53 Å². The number of carbonyl (C=O) groups excluding carboxylic acids is 1. The summed E-state index contributed by atoms with van der Waals surface area (Å²) in [5, 5.41) is 0. The molecule has 2 aliphatic rings. The highest BCUT2D eigenvalue weighted by atomic mass is 16.5. The van der Waals surface area contributed by atoms with Crippen molar-refractivity contribution in [2.45, 2.75) is 13.3 Å². The highest BCUT2D eigenvalue weighted by Gasteiger charge is 2.33. The maximum atomic E-state index is 12.9. The fraction of sp³-hybridized carbons (Fsp3) is 0.286. The molecule has 0 atom stereocenters. The average molecular weight is 334 g/mol. The van der Waals surface area contributed by atoms with Crippen molar-refractivity contribution in [2.75, 3.05) is 37.0 Å². The van der Waals surface area contributed by atoms with E-state index in [1.807, 2.05) is 50.2 Å². The molecule has 2 heterocycles. The molecule has 0 radical (unpaired) electrons. The predicted molar refractivity (Wildman–Crippen MR) is 102 cm³/mol. The summed E-state index contributed by atoms with van der Waals surface area (Å²) in [7, 11) is 4.04. The molecule has 0 saturated heterocycles. The molecule has 0 bridgehead atoms. The Balaban J connectivity index is 1.79. The number of hydrogen-bond donors (Lipinski definition) is 0. The standard InChI is InChI=1S/C21H22N2O2/c1-4-23-19-12-15-9-10-25-20(15)13-17(19)18(21(23)24)11-14-5-7-16(8-6-14)22(2)3/h5-8,11-13H,4,9-10H2,1-3H3/b18-11-. The van der Waals surface area contributed by atoms with Crippen LogP contribution in [0.25, 0.3) is 11.6 Å². The summed E-state index contributed by atoms with van der Waals surface area (Å²) < 4.78 is 5.71. The first-order valence-electron chi connectivity index (χ1n) is 8.69. The molecule has 4 nitrogen and oxygen atoms in total. The lowest BCUT2D eigenvalue weighted by molar-refractivity contribution is -0.112. The van der Waals surface area contributed by atoms with Gasteiger partial charge in [0.2, 0.25) is 0 Å². The van der Waals surface area contributed by atoms with Gasteiger partial charge in [-0.1, -0.05) is 12.1 Å². The van der Waals surface area contributed by atoms with Crippen LogP contribution in [0.4, 0.5) is 11.4 Å². The maximum Gasteiger partial charge on any atom is 0.258 e. The normalized spacial score (nSPS) is 16.8. The van der Waals surface area contributed by atoms with Gasteiger partial charge in [0.1, 0.15) is 5.75 Å². The molecular weight excluding hydrogens is 312 g/mol. The molecule has 0 unspecified atom stereocenters. The van der Waals surface area contributed by atoms with E-state index in [9.17, 15) is 4.79 Å². The quantitative estimate of drug-likeness (QED) is 0.804. The minimum Gasteiger partial charge on any atom is -0.493 e. The molecule has 25 heavy (non-hydrogen) atoms. The van der Waals surface area contributed by atoms with E-state index < -0.39 is 0 Å². The van der Waals surface area contributed by atoms with Gasteiger partial charge in [-0.15, -0.1) is 0 Å². The monoisotopic (exact) mass is 334 g/mol. The highest BCUT2D eigenvalue weighted by molar-refractivity contribution is 6.36. The smallest absolute Gasteiger partial charge is 0.258 e. The van der Waals surface area contributed by atoms with Gasteiger partial charge >= 0.3 is 0 Å². The predicted octanol–water partition coefficient (Wildman–Crippen LogP) is 3.59. The fourth-order valence-corrected chi connectivity index (χ4v) is 3.51. The lowest BCUT2D eigenvalue weighted by Crippen LogP contribution is -2.25. The molecule has 4 heteroatoms. The van der Waals surface area contributed by atoms with Crippen LogP contribution in [0.5, 0.6) is 5.75 Å². The van der Waals surface area contributed by atoms with Gasteiger partial charge in [-0.05, 0) is 48.4 Å². The van der Waals surface area contributed by atoms with Crippen LogP contribution >= 0.6 is 0 Å². The van der Waals surface area contributed by atoms with Crippen molar-refractivity contribution in [1.82, 2.24) is 0 Å². The van der Waals surface area contributed by atoms with Crippen LogP contribution < -0.4 is 14.5 Å². The van der Waals surface area contributed by atoms with Crippen molar-refractivity contribution in [3.8, 4) is 5.75 Å². The van der Waals surface area contributed by atoms with Gasteiger partial charge in [0.05, 0.1) is 12.3 Å². The van der Waals surface area contributed by atoms with E-state index in [2.05, 4.69) is 23.1 Å². The summed E-state index contributed by atoms with van der Waals surface area (Å²) in [4.78, 5) is 16.8. The van der Waals surface area contributed by atoms with Crippen LogP contribution in [0.2, 0.25) is 0 Å². The molecule has 4 rings (SSSR count). The number of rotatable bonds is 3. The van der Waals surface area contributed by atoms with Crippen LogP contribution in [0, 0.1) is 0 Å². The molecule has 0 fully saturated rings. The molecule has 0 spiro atoms. The molecule has 0 saturated carbocycles. The lowest BCUT2D eigenvalue weighted by Gasteiger charge is -2.14. The van der Waals surface area contributed by atoms with Gasteiger partial charge in [0.15, 0.2) is 0 Å². The van der Waals surface area contributed by atoms with Gasteiger partial charge < -0.3 is 14.5 Å². The summed E-state index contributed by atoms with van der Waals surface area (Å²) in [6.45, 7) is 3.41. The number of ether oxygens (including phenoxy) is 1. The largest absolute Gasteiger partial charge is 0.493 e. The van der Waals surface area contributed by atoms with Crippen LogP contribution in [0.15, 0.2) is 36.4 Å². The number of amides is 1.